The maximum atomic E-state index is 12.4. The summed E-state index contributed by atoms with van der Waals surface area (Å²) in [4.78, 5) is 18.0. The lowest BCUT2D eigenvalue weighted by Crippen LogP contribution is -2.35. The Morgan fingerprint density at radius 3 is 2.88 bits per heavy atom. The van der Waals surface area contributed by atoms with Crippen LogP contribution in [0.2, 0.25) is 0 Å². The molecule has 0 bridgehead atoms. The van der Waals surface area contributed by atoms with E-state index in [2.05, 4.69) is 21.3 Å². The molecular weight excluding hydrogens is 318 g/mol. The number of carbonyl (C=O) groups is 1. The van der Waals surface area contributed by atoms with E-state index in [1.54, 1.807) is 0 Å². The maximum Gasteiger partial charge on any atom is 0.256 e. The lowest BCUT2D eigenvalue weighted by atomic mass is 10.0. The number of aromatic amines is 1. The first-order chi connectivity index (χ1) is 12.2. The van der Waals surface area contributed by atoms with E-state index < -0.39 is 0 Å². The van der Waals surface area contributed by atoms with E-state index in [0.29, 0.717) is 5.57 Å². The number of anilines is 1. The van der Waals surface area contributed by atoms with Crippen LogP contribution in [-0.4, -0.2) is 47.2 Å². The number of nitrogens with zero attached hydrogens (tertiary/aromatic N) is 1. The second kappa shape index (κ2) is 6.84. The van der Waals surface area contributed by atoms with Gasteiger partial charge < -0.3 is 20.1 Å². The van der Waals surface area contributed by atoms with Crippen LogP contribution in [0.5, 0.6) is 0 Å². The lowest BCUT2D eigenvalue weighted by molar-refractivity contribution is -0.110. The standard InChI is InChI=1S/C19H21N3O3/c23-12-13-1-2-17-15(9-13)16(19(24)21-17)10-18-14(3-4-20-18)11-22-5-7-25-8-6-22/h1-4,9-10,20,23H,5-8,11-12H2,(H,21,24). The Hall–Kier alpha value is -2.41. The minimum absolute atomic E-state index is 0.0421. The van der Waals surface area contributed by atoms with Crippen LogP contribution in [0, 0.1) is 0 Å². The van der Waals surface area contributed by atoms with Gasteiger partial charge in [0.05, 0.1) is 25.4 Å². The molecule has 0 radical (unpaired) electrons. The van der Waals surface area contributed by atoms with Gasteiger partial charge in [0.1, 0.15) is 0 Å². The molecule has 2 aliphatic heterocycles. The van der Waals surface area contributed by atoms with E-state index in [1.165, 1.54) is 0 Å². The maximum absolute atomic E-state index is 12.4. The van der Waals surface area contributed by atoms with Gasteiger partial charge in [-0.05, 0) is 35.4 Å². The Morgan fingerprint density at radius 1 is 1.24 bits per heavy atom. The third-order valence-electron chi connectivity index (χ3n) is 4.71. The number of nitrogens with one attached hydrogen (secondary N) is 2. The predicted octanol–water partition coefficient (Wildman–Crippen LogP) is 1.83. The summed E-state index contributed by atoms with van der Waals surface area (Å²) >= 11 is 0. The van der Waals surface area contributed by atoms with Crippen LogP contribution in [0.4, 0.5) is 5.69 Å². The smallest absolute Gasteiger partial charge is 0.256 e. The number of aliphatic hydroxyl groups is 1. The molecule has 130 valence electrons. The van der Waals surface area contributed by atoms with Crippen molar-refractivity contribution in [3.05, 3.63) is 52.8 Å². The van der Waals surface area contributed by atoms with Crippen LogP contribution in [0.25, 0.3) is 11.6 Å². The highest BCUT2D eigenvalue weighted by Crippen LogP contribution is 2.34. The van der Waals surface area contributed by atoms with E-state index in [-0.39, 0.29) is 12.5 Å². The number of aromatic nitrogens is 1. The number of aliphatic hydroxyl groups excluding tert-OH is 1. The number of rotatable bonds is 4. The van der Waals surface area contributed by atoms with Crippen LogP contribution in [0.15, 0.2) is 30.5 Å². The number of hydrogen-bond acceptors (Lipinski definition) is 4. The minimum atomic E-state index is -0.114. The van der Waals surface area contributed by atoms with Crippen molar-refractivity contribution in [1.82, 2.24) is 9.88 Å². The van der Waals surface area contributed by atoms with Crippen LogP contribution in [0.1, 0.15) is 22.4 Å². The summed E-state index contributed by atoms with van der Waals surface area (Å²) in [6.07, 6.45) is 3.80. The SMILES string of the molecule is O=C1Nc2ccc(CO)cc2C1=Cc1[nH]ccc1CN1CCOCC1. The number of benzene rings is 1. The van der Waals surface area contributed by atoms with Crippen LogP contribution in [-0.2, 0) is 22.7 Å². The summed E-state index contributed by atoms with van der Waals surface area (Å²) in [5, 5.41) is 12.2. The summed E-state index contributed by atoms with van der Waals surface area (Å²) in [5.74, 6) is -0.114. The van der Waals surface area contributed by atoms with Gasteiger partial charge in [-0.15, -0.1) is 0 Å². The van der Waals surface area contributed by atoms with E-state index in [9.17, 15) is 9.90 Å². The van der Waals surface area contributed by atoms with Crippen molar-refractivity contribution in [3.63, 3.8) is 0 Å². The quantitative estimate of drug-likeness (QED) is 0.743. The fourth-order valence-corrected chi connectivity index (χ4v) is 3.31. The van der Waals surface area contributed by atoms with Gasteiger partial charge in [0, 0.05) is 42.8 Å². The molecule has 0 aliphatic carbocycles. The van der Waals surface area contributed by atoms with Crippen LogP contribution >= 0.6 is 0 Å². The van der Waals surface area contributed by atoms with E-state index in [4.69, 9.17) is 4.74 Å². The molecule has 0 saturated carbocycles. The average Bonchev–Trinajstić information content (AvgIpc) is 3.20. The Labute approximate surface area is 146 Å². The monoisotopic (exact) mass is 339 g/mol. The molecule has 1 amide bonds. The Balaban J connectivity index is 1.64. The van der Waals surface area contributed by atoms with Gasteiger partial charge in [-0.25, -0.2) is 0 Å². The van der Waals surface area contributed by atoms with Gasteiger partial charge in [-0.1, -0.05) is 6.07 Å². The van der Waals surface area contributed by atoms with Crippen molar-refractivity contribution in [3.8, 4) is 0 Å². The number of H-pyrrole nitrogens is 1. The molecule has 0 atom stereocenters. The summed E-state index contributed by atoms with van der Waals surface area (Å²) in [5.41, 5.74) is 5.14. The van der Waals surface area contributed by atoms with Gasteiger partial charge in [-0.3, -0.25) is 9.69 Å². The van der Waals surface area contributed by atoms with Gasteiger partial charge in [0.15, 0.2) is 0 Å². The van der Waals surface area contributed by atoms with Crippen LogP contribution in [0.3, 0.4) is 0 Å². The minimum Gasteiger partial charge on any atom is -0.392 e. The summed E-state index contributed by atoms with van der Waals surface area (Å²) < 4.78 is 5.40. The molecule has 0 spiro atoms. The van der Waals surface area contributed by atoms with Gasteiger partial charge in [-0.2, -0.15) is 0 Å². The third kappa shape index (κ3) is 3.24. The second-order valence-electron chi connectivity index (χ2n) is 6.36. The van der Waals surface area contributed by atoms with Crippen molar-refractivity contribution in [1.29, 1.82) is 0 Å². The molecule has 6 heteroatoms. The largest absolute Gasteiger partial charge is 0.392 e. The number of amides is 1. The molecule has 25 heavy (non-hydrogen) atoms. The molecule has 6 nitrogen and oxygen atoms in total. The zero-order chi connectivity index (χ0) is 17.2. The van der Waals surface area contributed by atoms with Crippen molar-refractivity contribution < 1.29 is 14.6 Å². The van der Waals surface area contributed by atoms with Crippen molar-refractivity contribution in [2.24, 2.45) is 0 Å². The lowest BCUT2D eigenvalue weighted by Gasteiger charge is -2.26. The highest BCUT2D eigenvalue weighted by molar-refractivity contribution is 6.34. The molecule has 1 aromatic carbocycles. The molecular formula is C19H21N3O3. The first kappa shape index (κ1) is 16.1. The fourth-order valence-electron chi connectivity index (χ4n) is 3.31. The first-order valence-corrected chi connectivity index (χ1v) is 8.48. The topological polar surface area (TPSA) is 77.6 Å². The summed E-state index contributed by atoms with van der Waals surface area (Å²) in [6, 6.07) is 7.58. The molecule has 0 unspecified atom stereocenters. The number of morpholine rings is 1. The van der Waals surface area contributed by atoms with E-state index >= 15 is 0 Å². The second-order valence-corrected chi connectivity index (χ2v) is 6.36. The van der Waals surface area contributed by atoms with Crippen LogP contribution < -0.4 is 5.32 Å². The highest BCUT2D eigenvalue weighted by atomic mass is 16.5. The molecule has 3 heterocycles. The summed E-state index contributed by atoms with van der Waals surface area (Å²) in [7, 11) is 0. The molecule has 4 rings (SSSR count). The predicted molar refractivity (Wildman–Crippen MR) is 95.8 cm³/mol. The average molecular weight is 339 g/mol. The first-order valence-electron chi connectivity index (χ1n) is 8.48. The normalized spacial score (nSPS) is 19.2. The highest BCUT2D eigenvalue weighted by Gasteiger charge is 2.25. The van der Waals surface area contributed by atoms with E-state index in [0.717, 1.165) is 60.9 Å². The van der Waals surface area contributed by atoms with Crippen molar-refractivity contribution >= 4 is 23.2 Å². The zero-order valence-corrected chi connectivity index (χ0v) is 13.9. The fraction of sp³-hybridized carbons (Fsp3) is 0.316. The van der Waals surface area contributed by atoms with Gasteiger partial charge >= 0.3 is 0 Å². The number of hydrogen-bond donors (Lipinski definition) is 3. The molecule has 1 aromatic heterocycles. The molecule has 1 saturated heterocycles. The van der Waals surface area contributed by atoms with Gasteiger partial charge in [0.2, 0.25) is 0 Å². The zero-order valence-electron chi connectivity index (χ0n) is 13.9. The van der Waals surface area contributed by atoms with Crippen molar-refractivity contribution in [2.45, 2.75) is 13.2 Å². The van der Waals surface area contributed by atoms with E-state index in [1.807, 2.05) is 30.5 Å². The number of carbonyl (C=O) groups excluding carboxylic acids is 1. The summed E-state index contributed by atoms with van der Waals surface area (Å²) in [6.45, 7) is 4.16. The molecule has 2 aromatic rings. The number of fused-ring (bicyclic) bond motifs is 1. The third-order valence-corrected chi connectivity index (χ3v) is 4.71. The Morgan fingerprint density at radius 2 is 2.08 bits per heavy atom. The molecule has 3 N–H and O–H groups in total. The Kier molecular flexibility index (Phi) is 4.40. The molecule has 1 fully saturated rings. The Bertz CT molecular complexity index is 819. The number of ether oxygens (including phenoxy) is 1. The van der Waals surface area contributed by atoms with Gasteiger partial charge in [0.25, 0.3) is 5.91 Å². The van der Waals surface area contributed by atoms with Crippen molar-refractivity contribution in [2.75, 3.05) is 31.6 Å². The molecule has 2 aliphatic rings.